The molecule has 1 aliphatic rings. The second kappa shape index (κ2) is 6.94. The molecule has 0 unspecified atom stereocenters. The lowest BCUT2D eigenvalue weighted by molar-refractivity contribution is 0.0942. The lowest BCUT2D eigenvalue weighted by Gasteiger charge is -2.35. The molecule has 1 fully saturated rings. The highest BCUT2D eigenvalue weighted by molar-refractivity contribution is 9.10. The van der Waals surface area contributed by atoms with Crippen LogP contribution in [0.5, 0.6) is 0 Å². The van der Waals surface area contributed by atoms with E-state index >= 15 is 0 Å². The van der Waals surface area contributed by atoms with Gasteiger partial charge in [0.05, 0.1) is 10.0 Å². The molecule has 5 heteroatoms. The molecule has 0 aromatic heterocycles. The Bertz CT molecular complexity index is 489. The number of nitrogens with one attached hydrogen (secondary N) is 1. The molecular weight excluding hydrogens is 341 g/mol. The van der Waals surface area contributed by atoms with E-state index in [1.807, 2.05) is 11.8 Å². The van der Waals surface area contributed by atoms with Gasteiger partial charge in [-0.2, -0.15) is 11.8 Å². The third-order valence-electron chi connectivity index (χ3n) is 3.97. The largest absolute Gasteiger partial charge is 0.351 e. The average molecular weight is 360 g/mol. The monoisotopic (exact) mass is 359 g/mol. The first-order valence-electron chi connectivity index (χ1n) is 6.85. The summed E-state index contributed by atoms with van der Waals surface area (Å²) in [6.45, 7) is 0.610. The van der Waals surface area contributed by atoms with Crippen molar-refractivity contribution in [2.24, 2.45) is 0 Å². The van der Waals surface area contributed by atoms with Crippen molar-refractivity contribution >= 4 is 33.6 Å². The lowest BCUT2D eigenvalue weighted by atomic mass is 9.88. The minimum absolute atomic E-state index is 0.103. The Balaban J connectivity index is 2.02. The smallest absolute Gasteiger partial charge is 0.254 e. The van der Waals surface area contributed by atoms with Gasteiger partial charge in [-0.25, -0.2) is 4.39 Å². The van der Waals surface area contributed by atoms with E-state index in [1.165, 1.54) is 25.3 Å². The highest BCUT2D eigenvalue weighted by Gasteiger charge is 2.31. The molecule has 110 valence electrons. The normalized spacial score (nSPS) is 17.8. The molecule has 0 saturated heterocycles. The van der Waals surface area contributed by atoms with E-state index < -0.39 is 5.82 Å². The fourth-order valence-electron chi connectivity index (χ4n) is 2.66. The molecule has 1 N–H and O–H groups in total. The summed E-state index contributed by atoms with van der Waals surface area (Å²) >= 11 is 4.93. The van der Waals surface area contributed by atoms with Crippen molar-refractivity contribution in [1.82, 2.24) is 5.32 Å². The predicted molar refractivity (Wildman–Crippen MR) is 85.8 cm³/mol. The van der Waals surface area contributed by atoms with Crippen LogP contribution in [-0.2, 0) is 0 Å². The van der Waals surface area contributed by atoms with Crippen molar-refractivity contribution in [3.8, 4) is 0 Å². The topological polar surface area (TPSA) is 29.1 Å². The fourth-order valence-corrected chi connectivity index (χ4v) is 3.94. The van der Waals surface area contributed by atoms with Crippen LogP contribution >= 0.6 is 27.7 Å². The summed E-state index contributed by atoms with van der Waals surface area (Å²) in [5.74, 6) is -0.824. The third-order valence-corrected chi connectivity index (χ3v) is 6.00. The van der Waals surface area contributed by atoms with Crippen molar-refractivity contribution in [2.45, 2.75) is 36.9 Å². The highest BCUT2D eigenvalue weighted by atomic mass is 79.9. The number of amides is 1. The molecule has 0 spiro atoms. The molecule has 1 amide bonds. The highest BCUT2D eigenvalue weighted by Crippen LogP contribution is 2.38. The van der Waals surface area contributed by atoms with Crippen LogP contribution in [0.1, 0.15) is 42.5 Å². The summed E-state index contributed by atoms with van der Waals surface area (Å²) in [5.41, 5.74) is 0.103. The van der Waals surface area contributed by atoms with Gasteiger partial charge in [0.1, 0.15) is 5.82 Å². The van der Waals surface area contributed by atoms with Gasteiger partial charge in [0.25, 0.3) is 5.91 Å². The Kier molecular flexibility index (Phi) is 5.49. The van der Waals surface area contributed by atoms with Crippen LogP contribution in [0.4, 0.5) is 4.39 Å². The van der Waals surface area contributed by atoms with E-state index in [0.717, 1.165) is 12.8 Å². The summed E-state index contributed by atoms with van der Waals surface area (Å²) in [6, 6.07) is 4.78. The van der Waals surface area contributed by atoms with Crippen molar-refractivity contribution in [3.63, 3.8) is 0 Å². The number of hydrogen-bond acceptors (Lipinski definition) is 2. The number of thioether (sulfide) groups is 1. The standard InChI is InChI=1S/C15H19BrFNOS/c1-20-15(8-3-2-4-9-15)10-18-14(19)11-6-5-7-12(16)13(11)17/h5-7H,2-4,8-10H2,1H3,(H,18,19). The molecule has 0 bridgehead atoms. The van der Waals surface area contributed by atoms with Crippen molar-refractivity contribution < 1.29 is 9.18 Å². The predicted octanol–water partition coefficient (Wildman–Crippen LogP) is 4.38. The number of carbonyl (C=O) groups excluding carboxylic acids is 1. The van der Waals surface area contributed by atoms with Crippen LogP contribution in [0.3, 0.4) is 0 Å². The molecule has 1 aliphatic carbocycles. The van der Waals surface area contributed by atoms with Crippen molar-refractivity contribution in [1.29, 1.82) is 0 Å². The van der Waals surface area contributed by atoms with Gasteiger partial charge in [-0.1, -0.05) is 25.3 Å². The van der Waals surface area contributed by atoms with E-state index in [4.69, 9.17) is 0 Å². The molecule has 0 aliphatic heterocycles. The summed E-state index contributed by atoms with van der Waals surface area (Å²) in [4.78, 5) is 12.1. The summed E-state index contributed by atoms with van der Waals surface area (Å²) < 4.78 is 14.3. The molecule has 0 atom stereocenters. The van der Waals surface area contributed by atoms with Gasteiger partial charge in [0.15, 0.2) is 0 Å². The summed E-state index contributed by atoms with van der Waals surface area (Å²) in [7, 11) is 0. The van der Waals surface area contributed by atoms with Gasteiger partial charge in [-0.15, -0.1) is 0 Å². The van der Waals surface area contributed by atoms with Crippen LogP contribution in [0.15, 0.2) is 22.7 Å². The maximum atomic E-state index is 13.9. The van der Waals surface area contributed by atoms with Crippen molar-refractivity contribution in [2.75, 3.05) is 12.8 Å². The number of carbonyl (C=O) groups is 1. The zero-order valence-corrected chi connectivity index (χ0v) is 13.9. The fraction of sp³-hybridized carbons (Fsp3) is 0.533. The van der Waals surface area contributed by atoms with Gasteiger partial charge in [-0.3, -0.25) is 4.79 Å². The number of hydrogen-bond donors (Lipinski definition) is 1. The van der Waals surface area contributed by atoms with E-state index in [-0.39, 0.29) is 16.2 Å². The molecular formula is C15H19BrFNOS. The molecule has 20 heavy (non-hydrogen) atoms. The van der Waals surface area contributed by atoms with Gasteiger partial charge >= 0.3 is 0 Å². The first-order valence-corrected chi connectivity index (χ1v) is 8.87. The van der Waals surface area contributed by atoms with Gasteiger partial charge in [0.2, 0.25) is 0 Å². The van der Waals surface area contributed by atoms with Gasteiger partial charge in [-0.05, 0) is 47.2 Å². The first-order chi connectivity index (χ1) is 9.58. The Morgan fingerprint density at radius 2 is 2.10 bits per heavy atom. The third kappa shape index (κ3) is 3.55. The van der Waals surface area contributed by atoms with Crippen LogP contribution < -0.4 is 5.32 Å². The number of halogens is 2. The van der Waals surface area contributed by atoms with Crippen LogP contribution in [-0.4, -0.2) is 23.5 Å². The second-order valence-corrected chi connectivity index (χ2v) is 7.36. The molecule has 0 heterocycles. The SMILES string of the molecule is CSC1(CNC(=O)c2cccc(Br)c2F)CCCCC1. The Morgan fingerprint density at radius 3 is 2.75 bits per heavy atom. The maximum Gasteiger partial charge on any atom is 0.254 e. The van der Waals surface area contributed by atoms with Crippen LogP contribution in [0, 0.1) is 5.82 Å². The van der Waals surface area contributed by atoms with E-state index in [9.17, 15) is 9.18 Å². The van der Waals surface area contributed by atoms with Crippen molar-refractivity contribution in [3.05, 3.63) is 34.1 Å². The summed E-state index contributed by atoms with van der Waals surface area (Å²) in [6.07, 6.45) is 8.03. The Labute approximate surface area is 132 Å². The minimum Gasteiger partial charge on any atom is -0.351 e. The lowest BCUT2D eigenvalue weighted by Crippen LogP contribution is -2.42. The van der Waals surface area contributed by atoms with Gasteiger partial charge < -0.3 is 5.32 Å². The number of benzene rings is 1. The zero-order valence-electron chi connectivity index (χ0n) is 11.5. The van der Waals surface area contributed by atoms with Gasteiger partial charge in [0, 0.05) is 11.3 Å². The molecule has 1 aromatic rings. The Morgan fingerprint density at radius 1 is 1.40 bits per heavy atom. The zero-order chi connectivity index (χ0) is 14.6. The second-order valence-electron chi connectivity index (χ2n) is 5.23. The average Bonchev–Trinajstić information content (AvgIpc) is 2.48. The molecule has 2 rings (SSSR count). The molecule has 2 nitrogen and oxygen atoms in total. The van der Waals surface area contributed by atoms with Crippen LogP contribution in [0.25, 0.3) is 0 Å². The van der Waals surface area contributed by atoms with E-state index in [2.05, 4.69) is 27.5 Å². The minimum atomic E-state index is -0.494. The molecule has 0 radical (unpaired) electrons. The summed E-state index contributed by atoms with van der Waals surface area (Å²) in [5, 5.41) is 2.91. The quantitative estimate of drug-likeness (QED) is 0.863. The van der Waals surface area contributed by atoms with E-state index in [0.29, 0.717) is 11.0 Å². The Hall–Kier alpha value is -0.550. The van der Waals surface area contributed by atoms with E-state index in [1.54, 1.807) is 12.1 Å². The van der Waals surface area contributed by atoms with Crippen LogP contribution in [0.2, 0.25) is 0 Å². The molecule has 1 aromatic carbocycles. The molecule has 1 saturated carbocycles. The number of rotatable bonds is 4. The maximum absolute atomic E-state index is 13.9. The first kappa shape index (κ1) is 15.8.